The van der Waals surface area contributed by atoms with Crippen molar-refractivity contribution in [3.8, 4) is 5.75 Å². The normalized spacial score (nSPS) is 12.7. The van der Waals surface area contributed by atoms with Crippen molar-refractivity contribution in [2.45, 2.75) is 43.4 Å². The first kappa shape index (κ1) is 27.6. The number of rotatable bonds is 12. The van der Waals surface area contributed by atoms with E-state index in [4.69, 9.17) is 4.74 Å². The van der Waals surface area contributed by atoms with Gasteiger partial charge in [-0.1, -0.05) is 31.2 Å². The zero-order valence-corrected chi connectivity index (χ0v) is 21.5. The van der Waals surface area contributed by atoms with Gasteiger partial charge in [0.15, 0.2) is 0 Å². The van der Waals surface area contributed by atoms with Crippen molar-refractivity contribution in [3.05, 3.63) is 94.6 Å². The molecule has 3 N–H and O–H groups in total. The molecule has 8 heteroatoms. The fraction of sp³-hybridized carbons (Fsp3) is 0.321. The first-order valence-electron chi connectivity index (χ1n) is 11.8. The molecule has 0 aliphatic carbocycles. The van der Waals surface area contributed by atoms with Crippen LogP contribution in [0.4, 0.5) is 8.78 Å². The van der Waals surface area contributed by atoms with E-state index in [2.05, 4.69) is 29.7 Å². The Bertz CT molecular complexity index is 1160. The number of aryl methyl sites for hydroxylation is 1. The monoisotopic (exact) mass is 514 g/mol. The molecule has 5 nitrogen and oxygen atoms in total. The maximum absolute atomic E-state index is 13.8. The Morgan fingerprint density at radius 3 is 2.42 bits per heavy atom. The molecule has 3 rings (SSSR count). The van der Waals surface area contributed by atoms with Crippen molar-refractivity contribution in [2.75, 3.05) is 19.9 Å². The second-order valence-electron chi connectivity index (χ2n) is 8.50. The van der Waals surface area contributed by atoms with Crippen molar-refractivity contribution >= 4 is 17.7 Å². The summed E-state index contributed by atoms with van der Waals surface area (Å²) in [5.41, 5.74) is 2.93. The number of nitrogens with one attached hydrogen (secondary N) is 2. The van der Waals surface area contributed by atoms with Gasteiger partial charge in [0.1, 0.15) is 17.4 Å². The summed E-state index contributed by atoms with van der Waals surface area (Å²) in [5, 5.41) is 17.0. The molecule has 2 atom stereocenters. The maximum atomic E-state index is 13.8. The lowest BCUT2D eigenvalue weighted by molar-refractivity contribution is 0.0827. The summed E-state index contributed by atoms with van der Waals surface area (Å²) in [5.74, 6) is -1.48. The minimum atomic E-state index is -1.02. The maximum Gasteiger partial charge on any atom is 0.255 e. The zero-order valence-electron chi connectivity index (χ0n) is 20.7. The lowest BCUT2D eigenvalue weighted by atomic mass is 10.00. The summed E-state index contributed by atoms with van der Waals surface area (Å²) in [6.07, 6.45) is 1.87. The quantitative estimate of drug-likeness (QED) is 0.305. The van der Waals surface area contributed by atoms with Crippen LogP contribution in [-0.4, -0.2) is 43.1 Å². The Labute approximate surface area is 215 Å². The van der Waals surface area contributed by atoms with Crippen LogP contribution in [0.25, 0.3) is 0 Å². The first-order valence-corrected chi connectivity index (χ1v) is 13.0. The average Bonchev–Trinajstić information content (AvgIpc) is 2.87. The van der Waals surface area contributed by atoms with Crippen molar-refractivity contribution in [3.63, 3.8) is 0 Å². The molecule has 0 aliphatic heterocycles. The summed E-state index contributed by atoms with van der Waals surface area (Å²) in [7, 11) is 1.48. The SMILES string of the molecule is CCc1cccc(CNC[C@H](O)[C@H](Cc2cc(F)cc(F)c2)NC(=O)c2ccc(SC)cc2OC)c1. The first-order chi connectivity index (χ1) is 17.3. The number of aliphatic hydroxyl groups excluding tert-OH is 1. The predicted molar refractivity (Wildman–Crippen MR) is 140 cm³/mol. The number of carbonyl (C=O) groups excluding carboxylic acids is 1. The van der Waals surface area contributed by atoms with Crippen LogP contribution in [-0.2, 0) is 19.4 Å². The number of halogens is 2. The molecule has 0 bridgehead atoms. The standard InChI is InChI=1S/C28H32F2N2O3S/c1-4-18-6-5-7-19(10-18)16-31-17-26(33)25(13-20-11-21(29)14-22(30)12-20)32-28(34)24-9-8-23(36-3)15-27(24)35-2/h5-12,14-15,25-26,31,33H,4,13,16-17H2,1-3H3,(H,32,34)/t25-,26-/m0/s1. The minimum Gasteiger partial charge on any atom is -0.496 e. The molecule has 3 aromatic rings. The van der Waals surface area contributed by atoms with Gasteiger partial charge in [0.05, 0.1) is 24.8 Å². The van der Waals surface area contributed by atoms with Gasteiger partial charge in [0.2, 0.25) is 0 Å². The molecule has 0 aromatic heterocycles. The van der Waals surface area contributed by atoms with Gasteiger partial charge in [-0.05, 0) is 66.1 Å². The van der Waals surface area contributed by atoms with Gasteiger partial charge in [0, 0.05) is 24.1 Å². The van der Waals surface area contributed by atoms with Crippen LogP contribution < -0.4 is 15.4 Å². The van der Waals surface area contributed by atoms with E-state index >= 15 is 0 Å². The molecule has 192 valence electrons. The van der Waals surface area contributed by atoms with E-state index in [1.165, 1.54) is 36.6 Å². The molecule has 36 heavy (non-hydrogen) atoms. The van der Waals surface area contributed by atoms with Crippen molar-refractivity contribution in [1.29, 1.82) is 0 Å². The number of benzene rings is 3. The topological polar surface area (TPSA) is 70.6 Å². The highest BCUT2D eigenvalue weighted by atomic mass is 32.2. The number of methoxy groups -OCH3 is 1. The summed E-state index contributed by atoms with van der Waals surface area (Å²) >= 11 is 1.52. The number of amides is 1. The predicted octanol–water partition coefficient (Wildman–Crippen LogP) is 4.75. The van der Waals surface area contributed by atoms with Gasteiger partial charge < -0.3 is 20.5 Å². The van der Waals surface area contributed by atoms with Gasteiger partial charge in [-0.25, -0.2) is 8.78 Å². The molecular formula is C28H32F2N2O3S. The lowest BCUT2D eigenvalue weighted by Crippen LogP contribution is -2.48. The fourth-order valence-corrected chi connectivity index (χ4v) is 4.39. The summed E-state index contributed by atoms with van der Waals surface area (Å²) in [6.45, 7) is 2.79. The third-order valence-corrected chi connectivity index (χ3v) is 6.62. The Balaban J connectivity index is 1.76. The van der Waals surface area contributed by atoms with Gasteiger partial charge >= 0.3 is 0 Å². The number of aliphatic hydroxyl groups is 1. The molecule has 0 saturated heterocycles. The molecule has 0 fully saturated rings. The Hall–Kier alpha value is -2.94. The van der Waals surface area contributed by atoms with E-state index in [-0.39, 0.29) is 13.0 Å². The van der Waals surface area contributed by atoms with E-state index in [1.807, 2.05) is 24.5 Å². The zero-order chi connectivity index (χ0) is 26.1. The molecule has 0 spiro atoms. The number of thioether (sulfide) groups is 1. The fourth-order valence-electron chi connectivity index (χ4n) is 3.96. The van der Waals surface area contributed by atoms with Gasteiger partial charge in [-0.2, -0.15) is 0 Å². The lowest BCUT2D eigenvalue weighted by Gasteiger charge is -2.25. The minimum absolute atomic E-state index is 0.0415. The third kappa shape index (κ3) is 7.78. The molecule has 0 unspecified atom stereocenters. The smallest absolute Gasteiger partial charge is 0.255 e. The van der Waals surface area contributed by atoms with Crippen molar-refractivity contribution in [1.82, 2.24) is 10.6 Å². The van der Waals surface area contributed by atoms with E-state index in [0.29, 0.717) is 23.4 Å². The van der Waals surface area contributed by atoms with Crippen molar-refractivity contribution in [2.24, 2.45) is 0 Å². The number of ether oxygens (including phenoxy) is 1. The summed E-state index contributed by atoms with van der Waals surface area (Å²) in [4.78, 5) is 14.1. The van der Waals surface area contributed by atoms with Crippen LogP contribution in [0.2, 0.25) is 0 Å². The van der Waals surface area contributed by atoms with Gasteiger partial charge in [-0.15, -0.1) is 11.8 Å². The number of hydrogen-bond acceptors (Lipinski definition) is 5. The average molecular weight is 515 g/mol. The molecule has 0 heterocycles. The number of carbonyl (C=O) groups is 1. The molecule has 0 aliphatic rings. The molecular weight excluding hydrogens is 482 g/mol. The summed E-state index contributed by atoms with van der Waals surface area (Å²) in [6, 6.07) is 15.8. The summed E-state index contributed by atoms with van der Waals surface area (Å²) < 4.78 is 33.0. The van der Waals surface area contributed by atoms with Gasteiger partial charge in [-0.3, -0.25) is 4.79 Å². The highest BCUT2D eigenvalue weighted by molar-refractivity contribution is 7.98. The van der Waals surface area contributed by atoms with Crippen LogP contribution in [0.15, 0.2) is 65.6 Å². The Morgan fingerprint density at radius 1 is 1.03 bits per heavy atom. The van der Waals surface area contributed by atoms with Crippen LogP contribution in [0.5, 0.6) is 5.75 Å². The second kappa shape index (κ2) is 13.4. The largest absolute Gasteiger partial charge is 0.496 e. The molecule has 3 aromatic carbocycles. The van der Waals surface area contributed by atoms with Crippen LogP contribution in [0.1, 0.15) is 34.0 Å². The van der Waals surface area contributed by atoms with E-state index < -0.39 is 29.7 Å². The van der Waals surface area contributed by atoms with Crippen LogP contribution >= 0.6 is 11.8 Å². The van der Waals surface area contributed by atoms with Crippen molar-refractivity contribution < 1.29 is 23.4 Å². The molecule has 1 amide bonds. The van der Waals surface area contributed by atoms with Crippen LogP contribution in [0.3, 0.4) is 0 Å². The highest BCUT2D eigenvalue weighted by Gasteiger charge is 2.24. The molecule has 0 radical (unpaired) electrons. The highest BCUT2D eigenvalue weighted by Crippen LogP contribution is 2.25. The Kier molecular flexibility index (Phi) is 10.3. The number of hydrogen-bond donors (Lipinski definition) is 3. The van der Waals surface area contributed by atoms with Crippen LogP contribution in [0, 0.1) is 11.6 Å². The van der Waals surface area contributed by atoms with E-state index in [1.54, 1.807) is 12.1 Å². The molecule has 0 saturated carbocycles. The second-order valence-corrected chi connectivity index (χ2v) is 9.38. The van der Waals surface area contributed by atoms with E-state index in [9.17, 15) is 18.7 Å². The van der Waals surface area contributed by atoms with E-state index in [0.717, 1.165) is 22.9 Å². The third-order valence-electron chi connectivity index (χ3n) is 5.89. The Morgan fingerprint density at radius 2 is 1.75 bits per heavy atom. The van der Waals surface area contributed by atoms with Gasteiger partial charge in [0.25, 0.3) is 5.91 Å².